The fourth-order valence-corrected chi connectivity index (χ4v) is 3.89. The molecule has 0 unspecified atom stereocenters. The number of amides is 1. The average molecular weight is 352 g/mol. The summed E-state index contributed by atoms with van der Waals surface area (Å²) in [5, 5.41) is 11.9. The Bertz CT molecular complexity index is 660. The van der Waals surface area contributed by atoms with Crippen LogP contribution < -0.4 is 10.1 Å². The van der Waals surface area contributed by atoms with Gasteiger partial charge in [-0.15, -0.1) is 10.2 Å². The predicted molar refractivity (Wildman–Crippen MR) is 94.8 cm³/mol. The zero-order valence-electron chi connectivity index (χ0n) is 13.6. The van der Waals surface area contributed by atoms with E-state index in [2.05, 4.69) is 15.5 Å². The maximum Gasteiger partial charge on any atom is 0.235 e. The Balaban J connectivity index is 2.04. The van der Waals surface area contributed by atoms with E-state index < -0.39 is 0 Å². The Morgan fingerprint density at radius 1 is 1.39 bits per heavy atom. The summed E-state index contributed by atoms with van der Waals surface area (Å²) >= 11 is 2.82. The number of nitrogens with one attached hydrogen (secondary N) is 1. The van der Waals surface area contributed by atoms with Gasteiger partial charge >= 0.3 is 0 Å². The van der Waals surface area contributed by atoms with Gasteiger partial charge in [0.05, 0.1) is 17.5 Å². The second kappa shape index (κ2) is 8.16. The smallest absolute Gasteiger partial charge is 0.235 e. The number of benzene rings is 1. The first kappa shape index (κ1) is 17.6. The molecule has 0 aliphatic rings. The minimum Gasteiger partial charge on any atom is -0.492 e. The molecular weight excluding hydrogens is 332 g/mol. The summed E-state index contributed by atoms with van der Waals surface area (Å²) in [6.07, 6.45) is 0. The second-order valence-corrected chi connectivity index (χ2v) is 7.49. The number of hydrogen-bond acceptors (Lipinski definition) is 7. The molecule has 0 radical (unpaired) electrons. The van der Waals surface area contributed by atoms with Crippen molar-refractivity contribution >= 4 is 39.8 Å². The van der Waals surface area contributed by atoms with E-state index in [1.165, 1.54) is 23.1 Å². The van der Waals surface area contributed by atoms with Crippen LogP contribution >= 0.6 is 23.1 Å². The van der Waals surface area contributed by atoms with Gasteiger partial charge in [-0.05, 0) is 26.0 Å². The van der Waals surface area contributed by atoms with Crippen LogP contribution in [0.15, 0.2) is 28.6 Å². The zero-order chi connectivity index (χ0) is 16.8. The molecule has 8 heteroatoms. The molecule has 0 bridgehead atoms. The van der Waals surface area contributed by atoms with Gasteiger partial charge in [0.15, 0.2) is 4.34 Å². The molecule has 1 atom stereocenters. The lowest BCUT2D eigenvalue weighted by Gasteiger charge is -2.14. The topological polar surface area (TPSA) is 67.3 Å². The van der Waals surface area contributed by atoms with Crippen LogP contribution in [0.5, 0.6) is 5.75 Å². The quantitative estimate of drug-likeness (QED) is 0.772. The molecule has 1 heterocycles. The van der Waals surface area contributed by atoms with Crippen molar-refractivity contribution in [2.45, 2.75) is 23.4 Å². The van der Waals surface area contributed by atoms with Gasteiger partial charge in [-0.3, -0.25) is 4.79 Å². The molecular formula is C15H20N4O2S2. The minimum atomic E-state index is -0.193. The highest BCUT2D eigenvalue weighted by Crippen LogP contribution is 2.33. The molecule has 0 fully saturated rings. The van der Waals surface area contributed by atoms with Crippen molar-refractivity contribution in [1.29, 1.82) is 0 Å². The number of anilines is 2. The van der Waals surface area contributed by atoms with E-state index in [0.717, 1.165) is 15.8 Å². The Morgan fingerprint density at radius 2 is 2.13 bits per heavy atom. The molecule has 0 saturated carbocycles. The van der Waals surface area contributed by atoms with Crippen LogP contribution in [0.3, 0.4) is 0 Å². The van der Waals surface area contributed by atoms with E-state index in [1.54, 1.807) is 19.0 Å². The zero-order valence-corrected chi connectivity index (χ0v) is 15.2. The third-order valence-electron chi connectivity index (χ3n) is 2.90. The summed E-state index contributed by atoms with van der Waals surface area (Å²) in [7, 11) is 3.49. The van der Waals surface area contributed by atoms with E-state index in [1.807, 2.05) is 38.1 Å². The SMILES string of the molecule is CCOc1ccccc1Nc1nnc(S[C@@H](C)C(=O)N(C)C)s1. The number of rotatable bonds is 7. The molecule has 2 rings (SSSR count). The average Bonchev–Trinajstić information content (AvgIpc) is 2.95. The summed E-state index contributed by atoms with van der Waals surface area (Å²) in [6.45, 7) is 4.41. The van der Waals surface area contributed by atoms with Crippen LogP contribution in [0.1, 0.15) is 13.8 Å². The number of ether oxygens (including phenoxy) is 1. The van der Waals surface area contributed by atoms with Crippen LogP contribution in [0, 0.1) is 0 Å². The summed E-state index contributed by atoms with van der Waals surface area (Å²) in [4.78, 5) is 13.5. The Labute approximate surface area is 144 Å². The van der Waals surface area contributed by atoms with Gasteiger partial charge < -0.3 is 15.0 Å². The maximum atomic E-state index is 11.9. The van der Waals surface area contributed by atoms with Crippen LogP contribution in [0.25, 0.3) is 0 Å². The van der Waals surface area contributed by atoms with E-state index >= 15 is 0 Å². The highest BCUT2D eigenvalue weighted by molar-refractivity contribution is 8.02. The Hall–Kier alpha value is -1.80. The number of nitrogens with zero attached hydrogens (tertiary/aromatic N) is 3. The van der Waals surface area contributed by atoms with Crippen molar-refractivity contribution in [2.75, 3.05) is 26.0 Å². The molecule has 0 spiro atoms. The lowest BCUT2D eigenvalue weighted by molar-refractivity contribution is -0.127. The standard InChI is InChI=1S/C15H20N4O2S2/c1-5-21-12-9-7-6-8-11(12)16-14-17-18-15(23-14)22-10(2)13(20)19(3)4/h6-10H,5H2,1-4H3,(H,16,17)/t10-/m0/s1. The number of aromatic nitrogens is 2. The Morgan fingerprint density at radius 3 is 2.83 bits per heavy atom. The number of para-hydroxylation sites is 2. The second-order valence-electron chi connectivity index (χ2n) is 4.92. The summed E-state index contributed by atoms with van der Waals surface area (Å²) in [5.74, 6) is 0.831. The van der Waals surface area contributed by atoms with E-state index in [0.29, 0.717) is 11.7 Å². The first-order chi connectivity index (χ1) is 11.0. The summed E-state index contributed by atoms with van der Waals surface area (Å²) in [6, 6.07) is 7.68. The van der Waals surface area contributed by atoms with Crippen molar-refractivity contribution in [2.24, 2.45) is 0 Å². The third kappa shape index (κ3) is 4.84. The van der Waals surface area contributed by atoms with E-state index in [4.69, 9.17) is 4.74 Å². The number of carbonyl (C=O) groups excluding carboxylic acids is 1. The monoisotopic (exact) mass is 352 g/mol. The van der Waals surface area contributed by atoms with E-state index in [-0.39, 0.29) is 11.2 Å². The van der Waals surface area contributed by atoms with Gasteiger partial charge in [0.1, 0.15) is 5.75 Å². The van der Waals surface area contributed by atoms with Crippen LogP contribution in [-0.4, -0.2) is 47.0 Å². The lowest BCUT2D eigenvalue weighted by atomic mass is 10.3. The fourth-order valence-electron chi connectivity index (χ4n) is 1.84. The lowest BCUT2D eigenvalue weighted by Crippen LogP contribution is -2.29. The molecule has 124 valence electrons. The van der Waals surface area contributed by atoms with Crippen molar-refractivity contribution in [1.82, 2.24) is 15.1 Å². The normalized spacial score (nSPS) is 11.8. The molecule has 0 saturated heterocycles. The molecule has 1 amide bonds. The van der Waals surface area contributed by atoms with Crippen LogP contribution in [0.2, 0.25) is 0 Å². The number of hydrogen-bond donors (Lipinski definition) is 1. The maximum absolute atomic E-state index is 11.9. The number of carbonyl (C=O) groups is 1. The van der Waals surface area contributed by atoms with Gasteiger partial charge in [0.25, 0.3) is 0 Å². The molecule has 23 heavy (non-hydrogen) atoms. The van der Waals surface area contributed by atoms with Crippen molar-refractivity contribution < 1.29 is 9.53 Å². The third-order valence-corrected chi connectivity index (χ3v) is 4.91. The molecule has 0 aliphatic carbocycles. The molecule has 1 N–H and O–H groups in total. The van der Waals surface area contributed by atoms with Crippen molar-refractivity contribution in [3.8, 4) is 5.75 Å². The molecule has 1 aromatic carbocycles. The van der Waals surface area contributed by atoms with Gasteiger partial charge in [-0.25, -0.2) is 0 Å². The predicted octanol–water partition coefficient (Wildman–Crippen LogP) is 3.25. The largest absolute Gasteiger partial charge is 0.492 e. The van der Waals surface area contributed by atoms with Gasteiger partial charge in [-0.2, -0.15) is 0 Å². The Kier molecular flexibility index (Phi) is 6.23. The first-order valence-electron chi connectivity index (χ1n) is 7.21. The van der Waals surface area contributed by atoms with E-state index in [9.17, 15) is 4.79 Å². The first-order valence-corrected chi connectivity index (χ1v) is 8.91. The molecule has 0 aliphatic heterocycles. The fraction of sp³-hybridized carbons (Fsp3) is 0.400. The van der Waals surface area contributed by atoms with Crippen molar-refractivity contribution in [3.05, 3.63) is 24.3 Å². The van der Waals surface area contributed by atoms with Gasteiger partial charge in [0.2, 0.25) is 11.0 Å². The minimum absolute atomic E-state index is 0.0569. The van der Waals surface area contributed by atoms with Crippen LogP contribution in [0.4, 0.5) is 10.8 Å². The van der Waals surface area contributed by atoms with Gasteiger partial charge in [0, 0.05) is 14.1 Å². The van der Waals surface area contributed by atoms with Crippen LogP contribution in [-0.2, 0) is 4.79 Å². The molecule has 6 nitrogen and oxygen atoms in total. The highest BCUT2D eigenvalue weighted by Gasteiger charge is 2.18. The van der Waals surface area contributed by atoms with Crippen molar-refractivity contribution in [3.63, 3.8) is 0 Å². The summed E-state index contributed by atoms with van der Waals surface area (Å²) in [5.41, 5.74) is 0.847. The highest BCUT2D eigenvalue weighted by atomic mass is 32.2. The molecule has 2 aromatic rings. The molecule has 1 aromatic heterocycles. The summed E-state index contributed by atoms with van der Waals surface area (Å²) < 4.78 is 6.33. The number of thioether (sulfide) groups is 1. The van der Waals surface area contributed by atoms with Gasteiger partial charge in [-0.1, -0.05) is 35.2 Å².